The zero-order valence-corrected chi connectivity index (χ0v) is 22.4. The van der Waals surface area contributed by atoms with Crippen LogP contribution in [0, 0.1) is 0 Å². The Morgan fingerprint density at radius 3 is 0.846 bits per heavy atom. The standard InChI is InChI=1S/C24H50O.Pb/c1-3-5-7-9-11-13-15-17-19-21-23-25-24-22-20-18-16-14-12-10-8-6-4-2;/h3-24H2,1-2H3;. The van der Waals surface area contributed by atoms with Crippen LogP contribution < -0.4 is 0 Å². The second kappa shape index (κ2) is 28.1. The molecule has 0 unspecified atom stereocenters. The maximum absolute atomic E-state index is 5.78. The maximum atomic E-state index is 5.78. The summed E-state index contributed by atoms with van der Waals surface area (Å²) in [7, 11) is 0. The van der Waals surface area contributed by atoms with E-state index >= 15 is 0 Å². The Kier molecular flexibility index (Phi) is 31.4. The minimum absolute atomic E-state index is 0. The molecule has 2 heteroatoms. The molecule has 0 atom stereocenters. The van der Waals surface area contributed by atoms with Crippen LogP contribution >= 0.6 is 0 Å². The number of rotatable bonds is 22. The zero-order chi connectivity index (χ0) is 18.3. The molecule has 0 aliphatic rings. The van der Waals surface area contributed by atoms with E-state index in [0.717, 1.165) is 13.2 Å². The molecule has 4 radical (unpaired) electrons. The van der Waals surface area contributed by atoms with Crippen molar-refractivity contribution < 1.29 is 4.74 Å². The van der Waals surface area contributed by atoms with Crippen LogP contribution in [0.5, 0.6) is 0 Å². The Bertz CT molecular complexity index is 198. The van der Waals surface area contributed by atoms with Gasteiger partial charge in [-0.25, -0.2) is 0 Å². The summed E-state index contributed by atoms with van der Waals surface area (Å²) >= 11 is 0. The second-order valence-electron chi connectivity index (χ2n) is 7.98. The van der Waals surface area contributed by atoms with Crippen molar-refractivity contribution in [3.63, 3.8) is 0 Å². The summed E-state index contributed by atoms with van der Waals surface area (Å²) in [5.74, 6) is 0. The van der Waals surface area contributed by atoms with Crippen LogP contribution in [0.3, 0.4) is 0 Å². The van der Waals surface area contributed by atoms with E-state index in [0.29, 0.717) is 0 Å². The average molecular weight is 562 g/mol. The van der Waals surface area contributed by atoms with E-state index in [4.69, 9.17) is 4.74 Å². The minimum atomic E-state index is 0. The van der Waals surface area contributed by atoms with Crippen LogP contribution in [0.25, 0.3) is 0 Å². The fourth-order valence-corrected chi connectivity index (χ4v) is 3.49. The van der Waals surface area contributed by atoms with Gasteiger partial charge in [0.2, 0.25) is 0 Å². The van der Waals surface area contributed by atoms with E-state index in [1.54, 1.807) is 0 Å². The minimum Gasteiger partial charge on any atom is -0.381 e. The monoisotopic (exact) mass is 562 g/mol. The SMILES string of the molecule is CCCCCCCCCCCCOCCCCCCCCCCCC.[Pb]. The van der Waals surface area contributed by atoms with Crippen LogP contribution in [-0.4, -0.2) is 40.5 Å². The molecule has 0 aromatic heterocycles. The Morgan fingerprint density at radius 1 is 0.346 bits per heavy atom. The second-order valence-corrected chi connectivity index (χ2v) is 7.98. The maximum Gasteiger partial charge on any atom is 0.0466 e. The van der Waals surface area contributed by atoms with Crippen molar-refractivity contribution in [3.8, 4) is 0 Å². The first-order valence-electron chi connectivity index (χ1n) is 12.0. The number of hydrogen-bond donors (Lipinski definition) is 0. The van der Waals surface area contributed by atoms with Crippen molar-refractivity contribution in [2.24, 2.45) is 0 Å². The van der Waals surface area contributed by atoms with Crippen molar-refractivity contribution in [3.05, 3.63) is 0 Å². The third-order valence-electron chi connectivity index (χ3n) is 5.28. The Morgan fingerprint density at radius 2 is 0.577 bits per heavy atom. The molecule has 0 amide bonds. The van der Waals surface area contributed by atoms with Gasteiger partial charge in [-0.1, -0.05) is 129 Å². The molecule has 0 N–H and O–H groups in total. The molecule has 0 aromatic rings. The smallest absolute Gasteiger partial charge is 0.0466 e. The molecule has 0 rings (SSSR count). The number of hydrogen-bond acceptors (Lipinski definition) is 1. The topological polar surface area (TPSA) is 9.23 Å². The van der Waals surface area contributed by atoms with Crippen LogP contribution in [0.15, 0.2) is 0 Å². The van der Waals surface area contributed by atoms with Gasteiger partial charge in [-0.2, -0.15) is 0 Å². The van der Waals surface area contributed by atoms with Crippen molar-refractivity contribution in [2.75, 3.05) is 13.2 Å². The molecule has 0 saturated carbocycles. The molecule has 0 fully saturated rings. The van der Waals surface area contributed by atoms with Crippen LogP contribution in [0.4, 0.5) is 0 Å². The molecule has 0 bridgehead atoms. The van der Waals surface area contributed by atoms with E-state index < -0.39 is 0 Å². The van der Waals surface area contributed by atoms with E-state index in [1.807, 2.05) is 0 Å². The van der Waals surface area contributed by atoms with Crippen molar-refractivity contribution in [2.45, 2.75) is 142 Å². The van der Waals surface area contributed by atoms with Crippen molar-refractivity contribution in [1.29, 1.82) is 0 Å². The first-order chi connectivity index (χ1) is 12.4. The summed E-state index contributed by atoms with van der Waals surface area (Å²) in [6.45, 7) is 6.57. The third-order valence-corrected chi connectivity index (χ3v) is 5.28. The fraction of sp³-hybridized carbons (Fsp3) is 1.00. The summed E-state index contributed by atoms with van der Waals surface area (Å²) in [6, 6.07) is 0. The molecular weight excluding hydrogens is 511 g/mol. The molecule has 0 heterocycles. The van der Waals surface area contributed by atoms with Gasteiger partial charge in [-0.05, 0) is 12.8 Å². The molecule has 0 spiro atoms. The quantitative estimate of drug-likeness (QED) is 0.0952. The molecule has 156 valence electrons. The third kappa shape index (κ3) is 27.1. The van der Waals surface area contributed by atoms with E-state index in [2.05, 4.69) is 13.8 Å². The largest absolute Gasteiger partial charge is 0.381 e. The average Bonchev–Trinajstić information content (AvgIpc) is 2.63. The van der Waals surface area contributed by atoms with Gasteiger partial charge < -0.3 is 4.74 Å². The summed E-state index contributed by atoms with van der Waals surface area (Å²) in [4.78, 5) is 0. The first kappa shape index (κ1) is 29.1. The van der Waals surface area contributed by atoms with Gasteiger partial charge in [-0.15, -0.1) is 0 Å². The summed E-state index contributed by atoms with van der Waals surface area (Å²) in [6.07, 6.45) is 28.2. The predicted octanol–water partition coefficient (Wildman–Crippen LogP) is 8.46. The molecule has 0 aliphatic carbocycles. The molecule has 0 saturated heterocycles. The molecular formula is C24H50OPb. The van der Waals surface area contributed by atoms with Crippen LogP contribution in [0.1, 0.15) is 142 Å². The van der Waals surface area contributed by atoms with Crippen LogP contribution in [-0.2, 0) is 4.74 Å². The van der Waals surface area contributed by atoms with Crippen molar-refractivity contribution in [1.82, 2.24) is 0 Å². The van der Waals surface area contributed by atoms with Gasteiger partial charge in [-0.3, -0.25) is 0 Å². The molecule has 0 aliphatic heterocycles. The summed E-state index contributed by atoms with van der Waals surface area (Å²) in [5.41, 5.74) is 0. The first-order valence-corrected chi connectivity index (χ1v) is 12.0. The fourth-order valence-electron chi connectivity index (χ4n) is 3.49. The van der Waals surface area contributed by atoms with E-state index in [1.165, 1.54) is 128 Å². The normalized spacial score (nSPS) is 10.8. The van der Waals surface area contributed by atoms with Gasteiger partial charge in [0.1, 0.15) is 0 Å². The van der Waals surface area contributed by atoms with E-state index in [9.17, 15) is 0 Å². The van der Waals surface area contributed by atoms with E-state index in [-0.39, 0.29) is 27.3 Å². The van der Waals surface area contributed by atoms with Gasteiger partial charge in [0.05, 0.1) is 0 Å². The van der Waals surface area contributed by atoms with Gasteiger partial charge in [0.15, 0.2) is 0 Å². The molecule has 0 aromatic carbocycles. The Balaban J connectivity index is 0. The Labute approximate surface area is 187 Å². The molecule has 1 nitrogen and oxygen atoms in total. The van der Waals surface area contributed by atoms with Gasteiger partial charge in [0, 0.05) is 40.5 Å². The number of unbranched alkanes of at least 4 members (excludes halogenated alkanes) is 18. The summed E-state index contributed by atoms with van der Waals surface area (Å²) < 4.78 is 5.78. The zero-order valence-electron chi connectivity index (χ0n) is 18.5. The molecule has 26 heavy (non-hydrogen) atoms. The Hall–Kier alpha value is 0.882. The summed E-state index contributed by atoms with van der Waals surface area (Å²) in [5, 5.41) is 0. The van der Waals surface area contributed by atoms with Gasteiger partial charge in [0.25, 0.3) is 0 Å². The van der Waals surface area contributed by atoms with Crippen molar-refractivity contribution >= 4 is 27.3 Å². The van der Waals surface area contributed by atoms with Gasteiger partial charge >= 0.3 is 0 Å². The number of ether oxygens (including phenoxy) is 1. The van der Waals surface area contributed by atoms with Crippen LogP contribution in [0.2, 0.25) is 0 Å². The predicted molar refractivity (Wildman–Crippen MR) is 120 cm³/mol.